The Balaban J connectivity index is 2.04. The molecule has 6 heteroatoms. The van der Waals surface area contributed by atoms with Crippen molar-refractivity contribution in [2.75, 3.05) is 19.8 Å². The Bertz CT molecular complexity index is 674. The first kappa shape index (κ1) is 21.7. The van der Waals surface area contributed by atoms with Crippen molar-refractivity contribution in [3.8, 4) is 0 Å². The third-order valence-corrected chi connectivity index (χ3v) is 6.80. The number of benzene rings is 2. The topological polar surface area (TPSA) is 27.7 Å². The van der Waals surface area contributed by atoms with E-state index in [4.69, 9.17) is 13.3 Å². The second-order valence-corrected chi connectivity index (χ2v) is 8.88. The molecule has 0 saturated heterocycles. The first-order chi connectivity index (χ1) is 13.1. The summed E-state index contributed by atoms with van der Waals surface area (Å²) < 4.78 is 44.9. The molecule has 2 aromatic carbocycles. The molecule has 0 aliphatic heterocycles. The summed E-state index contributed by atoms with van der Waals surface area (Å²) in [5, 5.41) is 0.944. The lowest BCUT2D eigenvalue weighted by atomic mass is 10.1. The van der Waals surface area contributed by atoms with Gasteiger partial charge in [0.05, 0.1) is 0 Å². The highest BCUT2D eigenvalue weighted by atomic mass is 28.4. The maximum Gasteiger partial charge on any atom is 0.537 e. The molecule has 0 aliphatic rings. The first-order valence-electron chi connectivity index (χ1n) is 9.52. The summed E-state index contributed by atoms with van der Waals surface area (Å²) in [5.74, 6) is -1.65. The van der Waals surface area contributed by atoms with Crippen LogP contribution in [0.4, 0.5) is 8.78 Å². The quantitative estimate of drug-likeness (QED) is 0.389. The lowest BCUT2D eigenvalue weighted by Gasteiger charge is -2.30. The van der Waals surface area contributed by atoms with Crippen molar-refractivity contribution in [2.24, 2.45) is 0 Å². The van der Waals surface area contributed by atoms with Crippen molar-refractivity contribution in [1.29, 1.82) is 0 Å². The van der Waals surface area contributed by atoms with Gasteiger partial charge in [-0.05, 0) is 43.4 Å². The van der Waals surface area contributed by atoms with Gasteiger partial charge in [0.1, 0.15) is 0 Å². The van der Waals surface area contributed by atoms with E-state index in [1.807, 2.05) is 44.2 Å². The molecule has 0 unspecified atom stereocenters. The van der Waals surface area contributed by atoms with Crippen molar-refractivity contribution >= 4 is 14.0 Å². The van der Waals surface area contributed by atoms with Crippen LogP contribution in [-0.2, 0) is 19.7 Å². The fourth-order valence-corrected chi connectivity index (χ4v) is 5.38. The number of hydrogen-bond acceptors (Lipinski definition) is 3. The van der Waals surface area contributed by atoms with E-state index in [9.17, 15) is 8.78 Å². The molecule has 0 radical (unpaired) electrons. The molecular weight excluding hydrogens is 366 g/mol. The summed E-state index contributed by atoms with van der Waals surface area (Å²) in [5.41, 5.74) is 0.744. The Labute approximate surface area is 161 Å². The fraction of sp³-hybridized carbons (Fsp3) is 0.429. The number of aryl methyl sites for hydroxylation is 1. The standard InChI is InChI=1S/C21H28F2O3Si/c1-3-14-24-27(25-15-4-2,19-10-6-5-7-11-19)26-16-8-9-18-12-13-20(22)21(23)17-18/h5-7,10-13,17H,3-4,8-9,14-16H2,1-2H3. The van der Waals surface area contributed by atoms with Gasteiger partial charge in [-0.15, -0.1) is 0 Å². The molecule has 2 rings (SSSR count). The minimum absolute atomic E-state index is 0.424. The van der Waals surface area contributed by atoms with E-state index >= 15 is 0 Å². The zero-order valence-corrected chi connectivity index (χ0v) is 17.0. The van der Waals surface area contributed by atoms with Crippen molar-refractivity contribution in [3.05, 3.63) is 65.7 Å². The van der Waals surface area contributed by atoms with E-state index in [0.29, 0.717) is 32.7 Å². The number of halogens is 2. The number of rotatable bonds is 12. The molecule has 0 atom stereocenters. The number of hydrogen-bond donors (Lipinski definition) is 0. The van der Waals surface area contributed by atoms with E-state index in [0.717, 1.165) is 29.7 Å². The van der Waals surface area contributed by atoms with Crippen LogP contribution in [0.5, 0.6) is 0 Å². The molecule has 0 aromatic heterocycles. The summed E-state index contributed by atoms with van der Waals surface area (Å²) in [4.78, 5) is 0. The van der Waals surface area contributed by atoms with Crippen LogP contribution >= 0.6 is 0 Å². The van der Waals surface area contributed by atoms with Crippen molar-refractivity contribution in [3.63, 3.8) is 0 Å². The van der Waals surface area contributed by atoms with Crippen LogP contribution in [-0.4, -0.2) is 28.6 Å². The van der Waals surface area contributed by atoms with E-state index in [1.165, 1.54) is 6.07 Å². The van der Waals surface area contributed by atoms with Gasteiger partial charge in [-0.3, -0.25) is 0 Å². The van der Waals surface area contributed by atoms with E-state index in [-0.39, 0.29) is 0 Å². The molecule has 0 N–H and O–H groups in total. The maximum atomic E-state index is 13.3. The van der Waals surface area contributed by atoms with Crippen LogP contribution in [0.15, 0.2) is 48.5 Å². The molecule has 0 amide bonds. The lowest BCUT2D eigenvalue weighted by molar-refractivity contribution is 0.0723. The van der Waals surface area contributed by atoms with Crippen LogP contribution in [0, 0.1) is 11.6 Å². The van der Waals surface area contributed by atoms with Crippen LogP contribution in [0.2, 0.25) is 0 Å². The summed E-state index contributed by atoms with van der Waals surface area (Å²) in [6.45, 7) is 5.65. The van der Waals surface area contributed by atoms with Gasteiger partial charge in [-0.1, -0.05) is 50.2 Å². The maximum absolute atomic E-state index is 13.3. The Morgan fingerprint density at radius 3 is 2.00 bits per heavy atom. The fourth-order valence-electron chi connectivity index (χ4n) is 2.67. The molecule has 0 saturated carbocycles. The summed E-state index contributed by atoms with van der Waals surface area (Å²) >= 11 is 0. The smallest absolute Gasteiger partial charge is 0.370 e. The van der Waals surface area contributed by atoms with Gasteiger partial charge >= 0.3 is 8.80 Å². The molecule has 0 spiro atoms. The molecule has 0 heterocycles. The molecule has 3 nitrogen and oxygen atoms in total. The molecule has 2 aromatic rings. The zero-order chi connectivity index (χ0) is 19.5. The predicted molar refractivity (Wildman–Crippen MR) is 105 cm³/mol. The normalized spacial score (nSPS) is 11.7. The van der Waals surface area contributed by atoms with Crippen LogP contribution in [0.25, 0.3) is 0 Å². The second-order valence-electron chi connectivity index (χ2n) is 6.32. The van der Waals surface area contributed by atoms with E-state index in [1.54, 1.807) is 6.07 Å². The monoisotopic (exact) mass is 394 g/mol. The average Bonchev–Trinajstić information content (AvgIpc) is 2.70. The molecular formula is C21H28F2O3Si. The van der Waals surface area contributed by atoms with Gasteiger partial charge < -0.3 is 13.3 Å². The highest BCUT2D eigenvalue weighted by Crippen LogP contribution is 2.15. The first-order valence-corrected chi connectivity index (χ1v) is 11.2. The Morgan fingerprint density at radius 2 is 1.41 bits per heavy atom. The minimum Gasteiger partial charge on any atom is -0.370 e. The van der Waals surface area contributed by atoms with Crippen molar-refractivity contribution < 1.29 is 22.1 Å². The van der Waals surface area contributed by atoms with E-state index in [2.05, 4.69) is 0 Å². The van der Waals surface area contributed by atoms with Crippen molar-refractivity contribution in [1.82, 2.24) is 0 Å². The SMILES string of the molecule is CCCO[Si](OCCC)(OCCCc1ccc(F)c(F)c1)c1ccccc1. The largest absolute Gasteiger partial charge is 0.537 e. The van der Waals surface area contributed by atoms with Crippen LogP contribution < -0.4 is 5.19 Å². The highest BCUT2D eigenvalue weighted by Gasteiger charge is 2.43. The van der Waals surface area contributed by atoms with Gasteiger partial charge in [-0.2, -0.15) is 0 Å². The Hall–Kier alpha value is -1.60. The molecule has 27 heavy (non-hydrogen) atoms. The summed E-state index contributed by atoms with van der Waals surface area (Å²) in [7, 11) is -3.01. The van der Waals surface area contributed by atoms with Crippen molar-refractivity contribution in [2.45, 2.75) is 39.5 Å². The molecule has 0 aliphatic carbocycles. The van der Waals surface area contributed by atoms with Gasteiger partial charge in [0.2, 0.25) is 0 Å². The third-order valence-electron chi connectivity index (χ3n) is 4.01. The summed E-state index contributed by atoms with van der Waals surface area (Å²) in [6.07, 6.45) is 3.00. The minimum atomic E-state index is -3.01. The van der Waals surface area contributed by atoms with Gasteiger partial charge in [-0.25, -0.2) is 8.78 Å². The van der Waals surface area contributed by atoms with Gasteiger partial charge in [0, 0.05) is 25.0 Å². The lowest BCUT2D eigenvalue weighted by Crippen LogP contribution is -2.57. The third kappa shape index (κ3) is 6.50. The zero-order valence-electron chi connectivity index (χ0n) is 16.0. The van der Waals surface area contributed by atoms with Gasteiger partial charge in [0.25, 0.3) is 0 Å². The van der Waals surface area contributed by atoms with Crippen LogP contribution in [0.1, 0.15) is 38.7 Å². The predicted octanol–water partition coefficient (Wildman–Crippen LogP) is 4.61. The molecule has 0 bridgehead atoms. The Morgan fingerprint density at radius 1 is 0.778 bits per heavy atom. The van der Waals surface area contributed by atoms with Crippen LogP contribution in [0.3, 0.4) is 0 Å². The highest BCUT2D eigenvalue weighted by molar-refractivity contribution is 6.75. The van der Waals surface area contributed by atoms with Gasteiger partial charge in [0.15, 0.2) is 11.6 Å². The average molecular weight is 395 g/mol. The summed E-state index contributed by atoms with van der Waals surface area (Å²) in [6, 6.07) is 13.8. The van der Waals surface area contributed by atoms with E-state index < -0.39 is 20.4 Å². The Kier molecular flexibility index (Phi) is 9.07. The molecule has 0 fully saturated rings. The second kappa shape index (κ2) is 11.3. The molecule has 148 valence electrons.